The van der Waals surface area contributed by atoms with Crippen LogP contribution in [0.5, 0.6) is 0 Å². The standard InChI is InChI=1S/C13H15N3O/c14-10-6-4-9(5-7-10)13-15-8-11-2-1-3-12(17)16(11)13/h4-8,12,17H,1-3,14H2. The molecule has 0 bridgehead atoms. The summed E-state index contributed by atoms with van der Waals surface area (Å²) in [6, 6.07) is 7.58. The Labute approximate surface area is 99.7 Å². The van der Waals surface area contributed by atoms with Gasteiger partial charge in [0.2, 0.25) is 0 Å². The minimum atomic E-state index is -0.450. The van der Waals surface area contributed by atoms with Crippen LogP contribution < -0.4 is 5.73 Å². The van der Waals surface area contributed by atoms with Gasteiger partial charge in [0, 0.05) is 23.1 Å². The second-order valence-electron chi connectivity index (χ2n) is 4.44. The van der Waals surface area contributed by atoms with Gasteiger partial charge in [0.15, 0.2) is 0 Å². The normalized spacial score (nSPS) is 19.0. The van der Waals surface area contributed by atoms with Crippen molar-refractivity contribution in [2.24, 2.45) is 0 Å². The fraction of sp³-hybridized carbons (Fsp3) is 0.308. The largest absolute Gasteiger partial charge is 0.399 e. The number of aliphatic hydroxyl groups is 1. The van der Waals surface area contributed by atoms with E-state index in [4.69, 9.17) is 5.73 Å². The van der Waals surface area contributed by atoms with E-state index in [9.17, 15) is 5.11 Å². The molecular weight excluding hydrogens is 214 g/mol. The summed E-state index contributed by atoms with van der Waals surface area (Å²) >= 11 is 0. The Hall–Kier alpha value is -1.81. The molecule has 4 nitrogen and oxygen atoms in total. The molecule has 0 radical (unpaired) electrons. The van der Waals surface area contributed by atoms with Gasteiger partial charge in [-0.2, -0.15) is 0 Å². The van der Waals surface area contributed by atoms with Crippen LogP contribution in [0, 0.1) is 0 Å². The number of hydrogen-bond donors (Lipinski definition) is 2. The predicted molar refractivity (Wildman–Crippen MR) is 66.3 cm³/mol. The van der Waals surface area contributed by atoms with Crippen LogP contribution >= 0.6 is 0 Å². The number of anilines is 1. The predicted octanol–water partition coefficient (Wildman–Crippen LogP) is 1.96. The van der Waals surface area contributed by atoms with Gasteiger partial charge in [-0.15, -0.1) is 0 Å². The first-order valence-corrected chi connectivity index (χ1v) is 5.86. The quantitative estimate of drug-likeness (QED) is 0.735. The monoisotopic (exact) mass is 229 g/mol. The summed E-state index contributed by atoms with van der Waals surface area (Å²) in [7, 11) is 0. The van der Waals surface area contributed by atoms with E-state index in [1.807, 2.05) is 35.0 Å². The van der Waals surface area contributed by atoms with Crippen LogP contribution in [-0.4, -0.2) is 14.7 Å². The first-order valence-electron chi connectivity index (χ1n) is 5.86. The van der Waals surface area contributed by atoms with E-state index in [1.54, 1.807) is 0 Å². The topological polar surface area (TPSA) is 64.1 Å². The SMILES string of the molecule is Nc1ccc(-c2ncc3n2C(O)CCC3)cc1. The molecule has 1 unspecified atom stereocenters. The molecule has 2 aromatic rings. The van der Waals surface area contributed by atoms with Crippen LogP contribution in [0.25, 0.3) is 11.4 Å². The zero-order valence-electron chi connectivity index (χ0n) is 9.50. The third kappa shape index (κ3) is 1.70. The minimum absolute atomic E-state index is 0.450. The highest BCUT2D eigenvalue weighted by atomic mass is 16.3. The van der Waals surface area contributed by atoms with Gasteiger partial charge in [0.1, 0.15) is 12.1 Å². The van der Waals surface area contributed by atoms with Crippen LogP contribution in [-0.2, 0) is 6.42 Å². The van der Waals surface area contributed by atoms with Crippen LogP contribution in [0.1, 0.15) is 24.8 Å². The molecule has 1 aromatic heterocycles. The zero-order chi connectivity index (χ0) is 11.8. The average molecular weight is 229 g/mol. The van der Waals surface area contributed by atoms with Gasteiger partial charge < -0.3 is 15.4 Å². The molecule has 1 aromatic carbocycles. The number of nitrogens with zero attached hydrogens (tertiary/aromatic N) is 2. The molecule has 4 heteroatoms. The van der Waals surface area contributed by atoms with E-state index in [0.717, 1.165) is 42.0 Å². The Bertz CT molecular complexity index is 530. The van der Waals surface area contributed by atoms with Crippen LogP contribution in [0.2, 0.25) is 0 Å². The number of nitrogens with two attached hydrogens (primary N) is 1. The molecule has 3 N–H and O–H groups in total. The molecule has 0 saturated carbocycles. The van der Waals surface area contributed by atoms with E-state index in [-0.39, 0.29) is 0 Å². The van der Waals surface area contributed by atoms with Crippen molar-refractivity contribution in [2.75, 3.05) is 5.73 Å². The molecular formula is C13H15N3O. The molecule has 0 spiro atoms. The highest BCUT2D eigenvalue weighted by Crippen LogP contribution is 2.29. The number of hydrogen-bond acceptors (Lipinski definition) is 3. The number of benzene rings is 1. The van der Waals surface area contributed by atoms with Gasteiger partial charge in [0.25, 0.3) is 0 Å². The average Bonchev–Trinajstić information content (AvgIpc) is 2.75. The summed E-state index contributed by atoms with van der Waals surface area (Å²) in [4.78, 5) is 4.41. The Morgan fingerprint density at radius 3 is 2.82 bits per heavy atom. The lowest BCUT2D eigenvalue weighted by atomic mass is 10.1. The van der Waals surface area contributed by atoms with E-state index in [0.29, 0.717) is 0 Å². The number of rotatable bonds is 1. The van der Waals surface area contributed by atoms with Gasteiger partial charge in [0.05, 0.1) is 0 Å². The van der Waals surface area contributed by atoms with Gasteiger partial charge in [-0.05, 0) is 43.5 Å². The smallest absolute Gasteiger partial charge is 0.142 e. The number of imidazole rings is 1. The number of aliphatic hydroxyl groups excluding tert-OH is 1. The number of nitrogen functional groups attached to an aromatic ring is 1. The molecule has 3 rings (SSSR count). The second kappa shape index (κ2) is 3.89. The Morgan fingerprint density at radius 2 is 2.06 bits per heavy atom. The third-order valence-corrected chi connectivity index (χ3v) is 3.24. The number of aryl methyl sites for hydroxylation is 1. The fourth-order valence-electron chi connectivity index (χ4n) is 2.35. The van der Waals surface area contributed by atoms with E-state index >= 15 is 0 Å². The highest BCUT2D eigenvalue weighted by molar-refractivity contribution is 5.59. The van der Waals surface area contributed by atoms with Gasteiger partial charge in [-0.25, -0.2) is 4.98 Å². The zero-order valence-corrected chi connectivity index (χ0v) is 9.50. The van der Waals surface area contributed by atoms with Crippen molar-refractivity contribution in [1.82, 2.24) is 9.55 Å². The van der Waals surface area contributed by atoms with E-state index in [1.165, 1.54) is 0 Å². The fourth-order valence-corrected chi connectivity index (χ4v) is 2.35. The molecule has 0 saturated heterocycles. The van der Waals surface area contributed by atoms with Crippen molar-refractivity contribution in [3.8, 4) is 11.4 Å². The minimum Gasteiger partial charge on any atom is -0.399 e. The van der Waals surface area contributed by atoms with Gasteiger partial charge in [-0.3, -0.25) is 0 Å². The summed E-state index contributed by atoms with van der Waals surface area (Å²) in [5.41, 5.74) is 8.50. The van der Waals surface area contributed by atoms with Crippen LogP contribution in [0.15, 0.2) is 30.5 Å². The van der Waals surface area contributed by atoms with Crippen molar-refractivity contribution in [2.45, 2.75) is 25.5 Å². The number of aromatic nitrogens is 2. The second-order valence-corrected chi connectivity index (χ2v) is 4.44. The summed E-state index contributed by atoms with van der Waals surface area (Å²) in [6.45, 7) is 0. The highest BCUT2D eigenvalue weighted by Gasteiger charge is 2.21. The lowest BCUT2D eigenvalue weighted by molar-refractivity contribution is 0.0807. The van der Waals surface area contributed by atoms with Gasteiger partial charge in [-0.1, -0.05) is 0 Å². The van der Waals surface area contributed by atoms with Crippen molar-refractivity contribution in [1.29, 1.82) is 0 Å². The molecule has 88 valence electrons. The molecule has 2 heterocycles. The van der Waals surface area contributed by atoms with E-state index in [2.05, 4.69) is 4.98 Å². The lowest BCUT2D eigenvalue weighted by Crippen LogP contribution is -2.17. The maximum atomic E-state index is 10.0. The van der Waals surface area contributed by atoms with Crippen LogP contribution in [0.4, 0.5) is 5.69 Å². The maximum Gasteiger partial charge on any atom is 0.142 e. The Balaban J connectivity index is 2.09. The molecule has 1 atom stereocenters. The van der Waals surface area contributed by atoms with E-state index < -0.39 is 6.23 Å². The maximum absolute atomic E-state index is 10.0. The summed E-state index contributed by atoms with van der Waals surface area (Å²) in [6.07, 6.45) is 4.21. The van der Waals surface area contributed by atoms with Crippen LogP contribution in [0.3, 0.4) is 0 Å². The molecule has 0 fully saturated rings. The molecule has 0 amide bonds. The summed E-state index contributed by atoms with van der Waals surface area (Å²) in [5.74, 6) is 0.826. The van der Waals surface area contributed by atoms with Crippen molar-refractivity contribution in [3.05, 3.63) is 36.2 Å². The Kier molecular flexibility index (Phi) is 2.37. The number of fused-ring (bicyclic) bond motifs is 1. The Morgan fingerprint density at radius 1 is 1.29 bits per heavy atom. The third-order valence-electron chi connectivity index (χ3n) is 3.24. The molecule has 17 heavy (non-hydrogen) atoms. The van der Waals surface area contributed by atoms with Crippen molar-refractivity contribution >= 4 is 5.69 Å². The first-order chi connectivity index (χ1) is 8.25. The molecule has 1 aliphatic rings. The summed E-state index contributed by atoms with van der Waals surface area (Å²) < 4.78 is 1.93. The first kappa shape index (κ1) is 10.4. The van der Waals surface area contributed by atoms with Crippen molar-refractivity contribution < 1.29 is 5.11 Å². The van der Waals surface area contributed by atoms with Gasteiger partial charge >= 0.3 is 0 Å². The lowest BCUT2D eigenvalue weighted by Gasteiger charge is -2.22. The summed E-state index contributed by atoms with van der Waals surface area (Å²) in [5, 5.41) is 10.0. The van der Waals surface area contributed by atoms with Crippen molar-refractivity contribution in [3.63, 3.8) is 0 Å². The molecule has 1 aliphatic heterocycles. The molecule has 0 aliphatic carbocycles.